The van der Waals surface area contributed by atoms with Crippen molar-refractivity contribution >= 4 is 23.6 Å². The van der Waals surface area contributed by atoms with Gasteiger partial charge in [0.2, 0.25) is 5.91 Å². The van der Waals surface area contributed by atoms with Gasteiger partial charge in [-0.15, -0.1) is 0 Å². The highest BCUT2D eigenvalue weighted by molar-refractivity contribution is 7.98. The van der Waals surface area contributed by atoms with E-state index >= 15 is 0 Å². The predicted octanol–water partition coefficient (Wildman–Crippen LogP) is 0.947. The molecule has 18 heavy (non-hydrogen) atoms. The number of carboxylic acids is 1. The number of pyridine rings is 1. The van der Waals surface area contributed by atoms with Gasteiger partial charge in [-0.3, -0.25) is 9.78 Å². The maximum absolute atomic E-state index is 11.6. The van der Waals surface area contributed by atoms with Crippen LogP contribution in [0.25, 0.3) is 0 Å². The van der Waals surface area contributed by atoms with Crippen LogP contribution in [0.3, 0.4) is 0 Å². The van der Waals surface area contributed by atoms with Crippen LogP contribution in [0.5, 0.6) is 0 Å². The molecule has 1 amide bonds. The minimum absolute atomic E-state index is 0.250. The molecule has 0 saturated heterocycles. The second-order valence-corrected chi connectivity index (χ2v) is 4.69. The lowest BCUT2D eigenvalue weighted by Gasteiger charge is -2.12. The molecule has 98 valence electrons. The van der Waals surface area contributed by atoms with E-state index in [-0.39, 0.29) is 12.3 Å². The van der Waals surface area contributed by atoms with Crippen LogP contribution in [-0.2, 0) is 16.0 Å². The molecule has 1 aromatic heterocycles. The van der Waals surface area contributed by atoms with Crippen molar-refractivity contribution in [3.63, 3.8) is 0 Å². The minimum Gasteiger partial charge on any atom is -0.480 e. The van der Waals surface area contributed by atoms with Crippen molar-refractivity contribution in [1.29, 1.82) is 0 Å². The fraction of sp³-hybridized carbons (Fsp3) is 0.417. The van der Waals surface area contributed by atoms with E-state index in [1.54, 1.807) is 24.7 Å². The summed E-state index contributed by atoms with van der Waals surface area (Å²) in [5.74, 6) is -0.882. The van der Waals surface area contributed by atoms with Crippen LogP contribution in [0.15, 0.2) is 24.5 Å². The van der Waals surface area contributed by atoms with Crippen LogP contribution >= 0.6 is 11.8 Å². The number of amides is 1. The molecule has 0 fully saturated rings. The number of aliphatic carboxylic acids is 1. The number of thioether (sulfide) groups is 1. The first-order valence-corrected chi connectivity index (χ1v) is 6.93. The maximum Gasteiger partial charge on any atom is 0.327 e. The highest BCUT2D eigenvalue weighted by Crippen LogP contribution is 2.02. The first-order valence-electron chi connectivity index (χ1n) is 5.53. The van der Waals surface area contributed by atoms with Gasteiger partial charge in [0.25, 0.3) is 0 Å². The molecule has 0 aromatic carbocycles. The SMILES string of the molecule is CSC[C@H](NC(=O)CCc1cccnc1)C(=O)O. The maximum atomic E-state index is 11.6. The standard InChI is InChI=1S/C12H16N2O3S/c1-18-8-10(12(16)17)14-11(15)5-4-9-3-2-6-13-7-9/h2-3,6-7,10H,4-5,8H2,1H3,(H,14,15)(H,16,17)/t10-/m0/s1. The number of carboxylic acid groups (broad SMARTS) is 1. The number of hydrogen-bond donors (Lipinski definition) is 2. The number of carbonyl (C=O) groups is 2. The van der Waals surface area contributed by atoms with Crippen LogP contribution in [0, 0.1) is 0 Å². The summed E-state index contributed by atoms with van der Waals surface area (Å²) in [5.41, 5.74) is 0.962. The third-order valence-electron chi connectivity index (χ3n) is 2.33. The Labute approximate surface area is 110 Å². The zero-order valence-corrected chi connectivity index (χ0v) is 10.9. The van der Waals surface area contributed by atoms with Crippen molar-refractivity contribution in [2.45, 2.75) is 18.9 Å². The molecular weight excluding hydrogens is 252 g/mol. The fourth-order valence-corrected chi connectivity index (χ4v) is 1.97. The smallest absolute Gasteiger partial charge is 0.327 e. The number of carbonyl (C=O) groups excluding carboxylic acids is 1. The van der Waals surface area contributed by atoms with Gasteiger partial charge in [0.05, 0.1) is 0 Å². The summed E-state index contributed by atoms with van der Waals surface area (Å²) in [4.78, 5) is 26.4. The van der Waals surface area contributed by atoms with Gasteiger partial charge in [-0.1, -0.05) is 6.07 Å². The molecule has 1 heterocycles. The lowest BCUT2D eigenvalue weighted by Crippen LogP contribution is -2.42. The minimum atomic E-state index is -1.00. The Morgan fingerprint density at radius 3 is 2.89 bits per heavy atom. The largest absolute Gasteiger partial charge is 0.480 e. The van der Waals surface area contributed by atoms with E-state index in [1.165, 1.54) is 11.8 Å². The van der Waals surface area contributed by atoms with Crippen molar-refractivity contribution in [2.75, 3.05) is 12.0 Å². The Hall–Kier alpha value is -1.56. The summed E-state index contributed by atoms with van der Waals surface area (Å²) < 4.78 is 0. The van der Waals surface area contributed by atoms with E-state index in [9.17, 15) is 9.59 Å². The molecule has 0 aliphatic carbocycles. The van der Waals surface area contributed by atoms with Crippen molar-refractivity contribution in [1.82, 2.24) is 10.3 Å². The summed E-state index contributed by atoms with van der Waals surface area (Å²) in [6, 6.07) is 2.87. The number of nitrogens with one attached hydrogen (secondary N) is 1. The van der Waals surface area contributed by atoms with Crippen molar-refractivity contribution < 1.29 is 14.7 Å². The normalized spacial score (nSPS) is 11.8. The summed E-state index contributed by atoms with van der Waals surface area (Å²) >= 11 is 1.39. The number of hydrogen-bond acceptors (Lipinski definition) is 4. The van der Waals surface area contributed by atoms with Gasteiger partial charge in [-0.2, -0.15) is 11.8 Å². The Balaban J connectivity index is 2.39. The van der Waals surface area contributed by atoms with Gasteiger partial charge in [0, 0.05) is 24.6 Å². The molecule has 1 atom stereocenters. The van der Waals surface area contributed by atoms with E-state index in [4.69, 9.17) is 5.11 Å². The van der Waals surface area contributed by atoms with Crippen molar-refractivity contribution in [3.8, 4) is 0 Å². The van der Waals surface area contributed by atoms with Crippen molar-refractivity contribution in [3.05, 3.63) is 30.1 Å². The zero-order chi connectivity index (χ0) is 13.4. The summed E-state index contributed by atoms with van der Waals surface area (Å²) in [6.07, 6.45) is 6.00. The average molecular weight is 268 g/mol. The van der Waals surface area contributed by atoms with Gasteiger partial charge < -0.3 is 10.4 Å². The molecule has 0 aliphatic rings. The Morgan fingerprint density at radius 1 is 1.56 bits per heavy atom. The summed E-state index contributed by atoms with van der Waals surface area (Å²) in [6.45, 7) is 0. The van der Waals surface area contributed by atoms with E-state index in [0.717, 1.165) is 5.56 Å². The van der Waals surface area contributed by atoms with Crippen LogP contribution < -0.4 is 5.32 Å². The molecule has 0 radical (unpaired) electrons. The van der Waals surface area contributed by atoms with Gasteiger partial charge >= 0.3 is 5.97 Å². The molecule has 1 aromatic rings. The van der Waals surface area contributed by atoms with Crippen molar-refractivity contribution in [2.24, 2.45) is 0 Å². The van der Waals surface area contributed by atoms with E-state index < -0.39 is 12.0 Å². The lowest BCUT2D eigenvalue weighted by atomic mass is 10.1. The monoisotopic (exact) mass is 268 g/mol. The highest BCUT2D eigenvalue weighted by atomic mass is 32.2. The number of rotatable bonds is 7. The number of aromatic nitrogens is 1. The molecule has 1 rings (SSSR count). The summed E-state index contributed by atoms with van der Waals surface area (Å²) in [5, 5.41) is 11.4. The van der Waals surface area contributed by atoms with E-state index in [0.29, 0.717) is 12.2 Å². The predicted molar refractivity (Wildman–Crippen MR) is 70.5 cm³/mol. The highest BCUT2D eigenvalue weighted by Gasteiger charge is 2.18. The molecule has 2 N–H and O–H groups in total. The van der Waals surface area contributed by atoms with Gasteiger partial charge in [-0.25, -0.2) is 4.79 Å². The van der Waals surface area contributed by atoms with Crippen LogP contribution in [0.2, 0.25) is 0 Å². The molecule has 0 spiro atoms. The molecule has 0 aliphatic heterocycles. The van der Waals surface area contributed by atoms with Gasteiger partial charge in [0.15, 0.2) is 0 Å². The second-order valence-electron chi connectivity index (χ2n) is 3.77. The Kier molecular flexibility index (Phi) is 6.21. The molecule has 0 bridgehead atoms. The molecule has 0 unspecified atom stereocenters. The Bertz CT molecular complexity index is 398. The zero-order valence-electron chi connectivity index (χ0n) is 10.1. The van der Waals surface area contributed by atoms with Gasteiger partial charge in [0.1, 0.15) is 6.04 Å². The number of nitrogens with zero attached hydrogens (tertiary/aromatic N) is 1. The van der Waals surface area contributed by atoms with Gasteiger partial charge in [-0.05, 0) is 24.3 Å². The molecule has 0 saturated carbocycles. The number of aryl methyl sites for hydroxylation is 1. The van der Waals surface area contributed by atoms with E-state index in [1.807, 2.05) is 6.07 Å². The lowest BCUT2D eigenvalue weighted by molar-refractivity contribution is -0.141. The molecule has 6 heteroatoms. The first kappa shape index (κ1) is 14.5. The Morgan fingerprint density at radius 2 is 2.33 bits per heavy atom. The third-order valence-corrected chi connectivity index (χ3v) is 3.00. The molecular formula is C12H16N2O3S. The van der Waals surface area contributed by atoms with Crippen LogP contribution in [-0.4, -0.2) is 40.0 Å². The van der Waals surface area contributed by atoms with Crippen LogP contribution in [0.4, 0.5) is 0 Å². The quantitative estimate of drug-likeness (QED) is 0.769. The summed E-state index contributed by atoms with van der Waals surface area (Å²) in [7, 11) is 0. The topological polar surface area (TPSA) is 79.3 Å². The fourth-order valence-electron chi connectivity index (χ4n) is 1.41. The molecule has 5 nitrogen and oxygen atoms in total. The first-order chi connectivity index (χ1) is 8.63. The average Bonchev–Trinajstić information content (AvgIpc) is 2.37. The van der Waals surface area contributed by atoms with Crippen LogP contribution in [0.1, 0.15) is 12.0 Å². The van der Waals surface area contributed by atoms with E-state index in [2.05, 4.69) is 10.3 Å². The second kappa shape index (κ2) is 7.71. The third kappa shape index (κ3) is 5.18.